The van der Waals surface area contributed by atoms with Crippen molar-refractivity contribution < 1.29 is 93.7 Å². The first-order valence-corrected chi connectivity index (χ1v) is 16.3. The molecule has 3 aromatic rings. The van der Waals surface area contributed by atoms with Gasteiger partial charge in [0, 0.05) is 17.7 Å². The zero-order chi connectivity index (χ0) is 38.5. The van der Waals surface area contributed by atoms with E-state index in [9.17, 15) is 61.0 Å². The van der Waals surface area contributed by atoms with Gasteiger partial charge in [0.25, 0.3) is 0 Å². The summed E-state index contributed by atoms with van der Waals surface area (Å²) in [4.78, 5) is 14.1. The molecule has 292 valence electrons. The van der Waals surface area contributed by atoms with Gasteiger partial charge < -0.3 is 93.7 Å². The number of methoxy groups -OCH3 is 1. The monoisotopic (exact) mass is 756 g/mol. The lowest BCUT2D eigenvalue weighted by molar-refractivity contribution is -0.335. The van der Waals surface area contributed by atoms with Crippen LogP contribution < -0.4 is 14.9 Å². The minimum Gasteiger partial charge on any atom is -0.508 e. The average molecular weight is 757 g/mol. The van der Waals surface area contributed by atoms with Crippen LogP contribution in [-0.2, 0) is 23.7 Å². The molecule has 3 aliphatic rings. The molecule has 20 heteroatoms. The third kappa shape index (κ3) is 7.22. The van der Waals surface area contributed by atoms with Gasteiger partial charge >= 0.3 is 0 Å². The molecule has 0 aliphatic carbocycles. The first-order valence-electron chi connectivity index (χ1n) is 16.3. The summed E-state index contributed by atoms with van der Waals surface area (Å²) in [5.74, 6) is -2.62. The van der Waals surface area contributed by atoms with E-state index in [4.69, 9.17) is 37.6 Å². The second-order valence-corrected chi connectivity index (χ2v) is 13.0. The van der Waals surface area contributed by atoms with Crippen LogP contribution in [0.25, 0.3) is 22.3 Å². The summed E-state index contributed by atoms with van der Waals surface area (Å²) in [6.45, 7) is -0.830. The summed E-state index contributed by atoms with van der Waals surface area (Å²) in [6.07, 6.45) is -20.4. The fraction of sp³-hybridized carbons (Fsp3) is 0.545. The molecule has 4 heterocycles. The Morgan fingerprint density at radius 2 is 1.60 bits per heavy atom. The molecular formula is C33H40O20. The maximum atomic E-state index is 14.1. The molecule has 13 atom stereocenters. The van der Waals surface area contributed by atoms with Crippen LogP contribution in [-0.4, -0.2) is 163 Å². The van der Waals surface area contributed by atoms with Crippen LogP contribution in [0.5, 0.6) is 28.7 Å². The van der Waals surface area contributed by atoms with Crippen LogP contribution >= 0.6 is 0 Å². The zero-order valence-corrected chi connectivity index (χ0v) is 28.0. The number of phenolic OH excluding ortho intramolecular Hbond substituents is 3. The average Bonchev–Trinajstić information content (AvgIpc) is 3.41. The highest BCUT2D eigenvalue weighted by Gasteiger charge is 2.54. The quantitative estimate of drug-likeness (QED) is 0.0987. The van der Waals surface area contributed by atoms with Crippen LogP contribution in [0, 0.1) is 0 Å². The normalized spacial score (nSPS) is 36.1. The highest BCUT2D eigenvalue weighted by atomic mass is 16.8. The molecule has 0 saturated carbocycles. The Bertz CT molecular complexity index is 1830. The number of fused-ring (bicyclic) bond motifs is 1. The summed E-state index contributed by atoms with van der Waals surface area (Å²) < 4.78 is 45.2. The van der Waals surface area contributed by atoms with E-state index in [-0.39, 0.29) is 28.4 Å². The van der Waals surface area contributed by atoms with Gasteiger partial charge in [-0.15, -0.1) is 0 Å². The second-order valence-electron chi connectivity index (χ2n) is 13.0. The second kappa shape index (κ2) is 15.1. The van der Waals surface area contributed by atoms with Crippen molar-refractivity contribution in [2.45, 2.75) is 86.3 Å². The summed E-state index contributed by atoms with van der Waals surface area (Å²) in [5.41, 5.74) is -3.49. The van der Waals surface area contributed by atoms with E-state index >= 15 is 0 Å². The molecule has 2 aromatic carbocycles. The Morgan fingerprint density at radius 1 is 0.868 bits per heavy atom. The molecule has 0 spiro atoms. The van der Waals surface area contributed by atoms with Gasteiger partial charge in [0.05, 0.1) is 33.0 Å². The van der Waals surface area contributed by atoms with E-state index < -0.39 is 127 Å². The van der Waals surface area contributed by atoms with Gasteiger partial charge in [-0.1, -0.05) is 0 Å². The predicted molar refractivity (Wildman–Crippen MR) is 172 cm³/mol. The predicted octanol–water partition coefficient (Wildman–Crippen LogP) is -2.92. The van der Waals surface area contributed by atoms with Gasteiger partial charge in [-0.3, -0.25) is 4.79 Å². The topological polar surface area (TPSA) is 317 Å². The van der Waals surface area contributed by atoms with E-state index in [0.717, 1.165) is 12.1 Å². The molecule has 1 aromatic heterocycles. The number of aliphatic hydroxyl groups is 8. The minimum absolute atomic E-state index is 0.0473. The van der Waals surface area contributed by atoms with Crippen molar-refractivity contribution in [1.82, 2.24) is 0 Å². The van der Waals surface area contributed by atoms with Crippen molar-refractivity contribution in [2.75, 3.05) is 26.9 Å². The Balaban J connectivity index is 1.40. The highest BCUT2D eigenvalue weighted by molar-refractivity contribution is 5.88. The smallest absolute Gasteiger partial charge is 0.239 e. The molecule has 0 amide bonds. The fourth-order valence-corrected chi connectivity index (χ4v) is 6.19. The van der Waals surface area contributed by atoms with Crippen LogP contribution in [0.3, 0.4) is 0 Å². The largest absolute Gasteiger partial charge is 0.508 e. The lowest BCUT2D eigenvalue weighted by Crippen LogP contribution is -2.63. The number of hydrogen-bond acceptors (Lipinski definition) is 20. The highest BCUT2D eigenvalue weighted by Crippen LogP contribution is 2.40. The third-order valence-corrected chi connectivity index (χ3v) is 9.34. The van der Waals surface area contributed by atoms with Crippen LogP contribution in [0.15, 0.2) is 39.5 Å². The van der Waals surface area contributed by atoms with Crippen molar-refractivity contribution in [3.8, 4) is 40.1 Å². The minimum atomic E-state index is -2.18. The van der Waals surface area contributed by atoms with Crippen molar-refractivity contribution in [3.63, 3.8) is 0 Å². The lowest BCUT2D eigenvalue weighted by Gasteiger charge is -2.44. The number of benzene rings is 2. The first kappa shape index (κ1) is 38.8. The first-order chi connectivity index (χ1) is 25.1. The van der Waals surface area contributed by atoms with Gasteiger partial charge in [0.15, 0.2) is 35.9 Å². The molecule has 0 unspecified atom stereocenters. The summed E-state index contributed by atoms with van der Waals surface area (Å²) in [7, 11) is 1.26. The number of hydrogen-bond donors (Lipinski definition) is 11. The molecule has 3 saturated heterocycles. The van der Waals surface area contributed by atoms with Gasteiger partial charge in [0.1, 0.15) is 70.8 Å². The number of ether oxygens (including phenoxy) is 7. The Hall–Kier alpha value is -3.87. The molecule has 3 fully saturated rings. The van der Waals surface area contributed by atoms with Crippen molar-refractivity contribution in [2.24, 2.45) is 0 Å². The van der Waals surface area contributed by atoms with Crippen LogP contribution in [0.2, 0.25) is 0 Å². The van der Waals surface area contributed by atoms with Gasteiger partial charge in [-0.2, -0.15) is 0 Å². The molecule has 20 nitrogen and oxygen atoms in total. The maximum Gasteiger partial charge on any atom is 0.239 e. The summed E-state index contributed by atoms with van der Waals surface area (Å²) >= 11 is 0. The van der Waals surface area contributed by atoms with Crippen molar-refractivity contribution >= 4 is 11.0 Å². The molecule has 11 N–H and O–H groups in total. The maximum absolute atomic E-state index is 14.1. The van der Waals surface area contributed by atoms with Crippen molar-refractivity contribution in [1.29, 1.82) is 0 Å². The number of phenols is 3. The van der Waals surface area contributed by atoms with E-state index in [2.05, 4.69) is 0 Å². The molecule has 3 aliphatic heterocycles. The van der Waals surface area contributed by atoms with E-state index in [1.165, 1.54) is 32.2 Å². The van der Waals surface area contributed by atoms with Crippen LogP contribution in [0.4, 0.5) is 0 Å². The molecule has 6 rings (SSSR count). The molecule has 0 radical (unpaired) electrons. The third-order valence-electron chi connectivity index (χ3n) is 9.34. The standard InChI is InChI=1S/C33H40O20/c1-11-20(38)23(41)25(43)30(49-11)47-8-18-21(39)24(42)28(53-32-29(44)33(45,9-34)10-48-32)31(51-18)52-27-22(40)19-15(37)6-13(35)7-17(19)50-26(27)12-3-4-14(36)16(5-12)46-2/h3-7,11,18,20-21,23-25,28-32,34-39,41-45H,8-10H2,1-2H3/t11-,18-,20-,21+,23-,24+,25-,28-,29+,30+,31-,32-,33+/m0/s1. The Labute approximate surface area is 298 Å². The van der Waals surface area contributed by atoms with E-state index in [0.29, 0.717) is 0 Å². The van der Waals surface area contributed by atoms with E-state index in [1.54, 1.807) is 0 Å². The molecular weight excluding hydrogens is 716 g/mol. The zero-order valence-electron chi connectivity index (χ0n) is 28.0. The summed E-state index contributed by atoms with van der Waals surface area (Å²) in [6, 6.07) is 5.68. The number of rotatable bonds is 10. The lowest BCUT2D eigenvalue weighted by atomic mass is 9.97. The van der Waals surface area contributed by atoms with Crippen LogP contribution in [0.1, 0.15) is 6.92 Å². The van der Waals surface area contributed by atoms with Crippen molar-refractivity contribution in [3.05, 3.63) is 40.6 Å². The van der Waals surface area contributed by atoms with Gasteiger partial charge in [-0.25, -0.2) is 0 Å². The molecule has 53 heavy (non-hydrogen) atoms. The summed E-state index contributed by atoms with van der Waals surface area (Å²) in [5, 5.41) is 115. The van der Waals surface area contributed by atoms with Gasteiger partial charge in [0.2, 0.25) is 17.5 Å². The Morgan fingerprint density at radius 3 is 2.28 bits per heavy atom. The van der Waals surface area contributed by atoms with Gasteiger partial charge in [-0.05, 0) is 25.1 Å². The fourth-order valence-electron chi connectivity index (χ4n) is 6.19. The Kier molecular flexibility index (Phi) is 11.1. The SMILES string of the molecule is COc1cc(-c2oc3cc(O)cc(O)c3c(=O)c2O[C@@H]2O[C@@H](CO[C@@H]3O[C@@H](C)[C@H](O)[C@H](O)[C@@H]3O)[C@@H](O)[C@@H](O)[C@@H]2O[C@@H]2OC[C@](O)(CO)[C@@H]2O)ccc1O. The number of aliphatic hydroxyl groups excluding tert-OH is 7. The molecule has 0 bridgehead atoms. The van der Waals surface area contributed by atoms with E-state index in [1.807, 2.05) is 0 Å². The number of aromatic hydroxyl groups is 3.